The van der Waals surface area contributed by atoms with E-state index < -0.39 is 12.0 Å². The Morgan fingerprint density at radius 3 is 2.65 bits per heavy atom. The molecule has 0 amide bonds. The maximum atomic E-state index is 10.7. The summed E-state index contributed by atoms with van der Waals surface area (Å²) in [5.41, 5.74) is 6.35. The average Bonchev–Trinajstić information content (AvgIpc) is 2.27. The van der Waals surface area contributed by atoms with Gasteiger partial charge in [0, 0.05) is 6.42 Å². The van der Waals surface area contributed by atoms with Crippen LogP contribution in [0, 0.1) is 5.92 Å². The van der Waals surface area contributed by atoms with Crippen molar-refractivity contribution >= 4 is 5.97 Å². The molecule has 4 heteroatoms. The highest BCUT2D eigenvalue weighted by molar-refractivity contribution is 5.73. The Balaban J connectivity index is 2.73. The van der Waals surface area contributed by atoms with Gasteiger partial charge in [-0.2, -0.15) is 0 Å². The van der Waals surface area contributed by atoms with Crippen LogP contribution in [0.15, 0.2) is 24.3 Å². The lowest BCUT2D eigenvalue weighted by Gasteiger charge is -2.14. The predicted octanol–water partition coefficient (Wildman–Crippen LogP) is 1.68. The minimum atomic E-state index is -0.997. The number of hydrogen-bond acceptors (Lipinski definition) is 3. The first-order valence-electron chi connectivity index (χ1n) is 5.69. The molecule has 0 aromatic heterocycles. The van der Waals surface area contributed by atoms with Crippen molar-refractivity contribution in [1.29, 1.82) is 0 Å². The summed E-state index contributed by atoms with van der Waals surface area (Å²) < 4.78 is 5.63. The first-order chi connectivity index (χ1) is 8.00. The molecule has 0 aliphatic rings. The molecule has 0 saturated heterocycles. The van der Waals surface area contributed by atoms with Crippen LogP contribution < -0.4 is 10.5 Å². The fraction of sp³-hybridized carbons (Fsp3) is 0.462. The second kappa shape index (κ2) is 6.25. The number of carboxylic acid groups (broad SMARTS) is 1. The van der Waals surface area contributed by atoms with Crippen molar-refractivity contribution in [2.75, 3.05) is 6.61 Å². The molecule has 0 fully saturated rings. The van der Waals surface area contributed by atoms with Gasteiger partial charge in [-0.3, -0.25) is 4.79 Å². The highest BCUT2D eigenvalue weighted by Gasteiger charge is 2.14. The van der Waals surface area contributed by atoms with Crippen molar-refractivity contribution in [2.45, 2.75) is 26.3 Å². The number of ether oxygens (including phenoxy) is 1. The van der Waals surface area contributed by atoms with Gasteiger partial charge in [0.05, 0.1) is 6.61 Å². The number of benzene rings is 1. The topological polar surface area (TPSA) is 72.5 Å². The molecule has 0 saturated carbocycles. The van der Waals surface area contributed by atoms with Gasteiger partial charge >= 0.3 is 5.97 Å². The number of para-hydroxylation sites is 1. The first kappa shape index (κ1) is 13.5. The van der Waals surface area contributed by atoms with Crippen LogP contribution in [-0.4, -0.2) is 23.7 Å². The Kier molecular flexibility index (Phi) is 4.97. The molecule has 1 aromatic rings. The number of nitrogens with two attached hydrogens (primary N) is 1. The van der Waals surface area contributed by atoms with Crippen LogP contribution >= 0.6 is 0 Å². The maximum Gasteiger partial charge on any atom is 0.320 e. The molecule has 3 N–H and O–H groups in total. The predicted molar refractivity (Wildman–Crippen MR) is 66.1 cm³/mol. The Morgan fingerprint density at radius 2 is 2.06 bits per heavy atom. The van der Waals surface area contributed by atoms with Gasteiger partial charge < -0.3 is 15.6 Å². The average molecular weight is 237 g/mol. The molecule has 0 spiro atoms. The molecule has 0 radical (unpaired) electrons. The van der Waals surface area contributed by atoms with Crippen LogP contribution in [0.3, 0.4) is 0 Å². The monoisotopic (exact) mass is 237 g/mol. The summed E-state index contributed by atoms with van der Waals surface area (Å²) in [7, 11) is 0. The zero-order valence-corrected chi connectivity index (χ0v) is 10.2. The summed E-state index contributed by atoms with van der Waals surface area (Å²) in [5, 5.41) is 8.79. The second-order valence-corrected chi connectivity index (χ2v) is 4.46. The van der Waals surface area contributed by atoms with Gasteiger partial charge in [-0.25, -0.2) is 0 Å². The summed E-state index contributed by atoms with van der Waals surface area (Å²) in [6.07, 6.45) is 0.281. The quantitative estimate of drug-likeness (QED) is 0.789. The Hall–Kier alpha value is -1.55. The van der Waals surface area contributed by atoms with Crippen molar-refractivity contribution in [1.82, 2.24) is 0 Å². The fourth-order valence-electron chi connectivity index (χ4n) is 1.39. The molecule has 0 aliphatic heterocycles. The van der Waals surface area contributed by atoms with Gasteiger partial charge in [0.2, 0.25) is 0 Å². The number of rotatable bonds is 6. The van der Waals surface area contributed by atoms with E-state index in [2.05, 4.69) is 13.8 Å². The standard InChI is InChI=1S/C13H19NO3/c1-9(2)8-17-12-6-4-3-5-10(12)7-11(14)13(15)16/h3-6,9,11H,7-8,14H2,1-2H3,(H,15,16). The molecule has 0 bridgehead atoms. The summed E-state index contributed by atoms with van der Waals surface area (Å²) in [6, 6.07) is 6.52. The number of hydrogen-bond donors (Lipinski definition) is 2. The second-order valence-electron chi connectivity index (χ2n) is 4.46. The van der Waals surface area contributed by atoms with Crippen LogP contribution in [0.2, 0.25) is 0 Å². The van der Waals surface area contributed by atoms with Crippen LogP contribution in [0.4, 0.5) is 0 Å². The van der Waals surface area contributed by atoms with E-state index in [1.807, 2.05) is 24.3 Å². The van der Waals surface area contributed by atoms with Gasteiger partial charge in [0.25, 0.3) is 0 Å². The largest absolute Gasteiger partial charge is 0.493 e. The van der Waals surface area contributed by atoms with E-state index in [1.54, 1.807) is 0 Å². The van der Waals surface area contributed by atoms with Crippen LogP contribution in [0.1, 0.15) is 19.4 Å². The fourth-order valence-corrected chi connectivity index (χ4v) is 1.39. The van der Waals surface area contributed by atoms with Crippen LogP contribution in [-0.2, 0) is 11.2 Å². The Bertz CT molecular complexity index is 377. The number of carboxylic acids is 1. The van der Waals surface area contributed by atoms with E-state index in [1.165, 1.54) is 0 Å². The summed E-state index contributed by atoms with van der Waals surface area (Å²) >= 11 is 0. The Labute approximate surface area is 101 Å². The third-order valence-corrected chi connectivity index (χ3v) is 2.30. The smallest absolute Gasteiger partial charge is 0.320 e. The van der Waals surface area contributed by atoms with E-state index in [0.29, 0.717) is 12.5 Å². The van der Waals surface area contributed by atoms with Gasteiger partial charge in [0.1, 0.15) is 11.8 Å². The van der Waals surface area contributed by atoms with Gasteiger partial charge in [0.15, 0.2) is 0 Å². The highest BCUT2D eigenvalue weighted by atomic mass is 16.5. The van der Waals surface area contributed by atoms with Crippen LogP contribution in [0.5, 0.6) is 5.75 Å². The number of carbonyl (C=O) groups is 1. The van der Waals surface area contributed by atoms with Crippen molar-refractivity contribution in [3.63, 3.8) is 0 Å². The molecule has 1 aromatic carbocycles. The molecular weight excluding hydrogens is 218 g/mol. The molecule has 17 heavy (non-hydrogen) atoms. The summed E-state index contributed by atoms with van der Waals surface area (Å²) in [6.45, 7) is 4.73. The SMILES string of the molecule is CC(C)COc1ccccc1CC(N)C(=O)O. The third kappa shape index (κ3) is 4.44. The zero-order chi connectivity index (χ0) is 12.8. The van der Waals surface area contributed by atoms with Crippen LogP contribution in [0.25, 0.3) is 0 Å². The molecule has 1 unspecified atom stereocenters. The van der Waals surface area contributed by atoms with E-state index in [4.69, 9.17) is 15.6 Å². The normalized spacial score (nSPS) is 12.5. The molecule has 94 valence electrons. The van der Waals surface area contributed by atoms with E-state index in [-0.39, 0.29) is 6.42 Å². The summed E-state index contributed by atoms with van der Waals surface area (Å²) in [5.74, 6) is 0.151. The molecule has 1 rings (SSSR count). The van der Waals surface area contributed by atoms with Crippen molar-refractivity contribution in [3.8, 4) is 5.75 Å². The lowest BCUT2D eigenvalue weighted by molar-refractivity contribution is -0.138. The molecule has 4 nitrogen and oxygen atoms in total. The molecular formula is C13H19NO3. The first-order valence-corrected chi connectivity index (χ1v) is 5.69. The van der Waals surface area contributed by atoms with Crippen molar-refractivity contribution < 1.29 is 14.6 Å². The Morgan fingerprint density at radius 1 is 1.41 bits per heavy atom. The third-order valence-electron chi connectivity index (χ3n) is 2.30. The lowest BCUT2D eigenvalue weighted by Crippen LogP contribution is -2.32. The van der Waals surface area contributed by atoms with Gasteiger partial charge in [-0.15, -0.1) is 0 Å². The minimum absolute atomic E-state index is 0.281. The minimum Gasteiger partial charge on any atom is -0.493 e. The number of aliphatic carboxylic acids is 1. The zero-order valence-electron chi connectivity index (χ0n) is 10.2. The van der Waals surface area contributed by atoms with Crippen molar-refractivity contribution in [2.24, 2.45) is 11.7 Å². The summed E-state index contributed by atoms with van der Waals surface area (Å²) in [4.78, 5) is 10.7. The molecule has 0 heterocycles. The van der Waals surface area contributed by atoms with E-state index in [9.17, 15) is 4.79 Å². The molecule has 1 atom stereocenters. The molecule has 0 aliphatic carbocycles. The van der Waals surface area contributed by atoms with E-state index >= 15 is 0 Å². The van der Waals surface area contributed by atoms with Gasteiger partial charge in [-0.1, -0.05) is 32.0 Å². The van der Waals surface area contributed by atoms with E-state index in [0.717, 1.165) is 11.3 Å². The van der Waals surface area contributed by atoms with Gasteiger partial charge in [-0.05, 0) is 17.5 Å². The lowest BCUT2D eigenvalue weighted by atomic mass is 10.1. The maximum absolute atomic E-state index is 10.7. The van der Waals surface area contributed by atoms with Crippen molar-refractivity contribution in [3.05, 3.63) is 29.8 Å². The highest BCUT2D eigenvalue weighted by Crippen LogP contribution is 2.20.